The number of benzene rings is 1. The normalized spacial score (nSPS) is 20.9. The molecule has 1 aromatic carbocycles. The first-order valence-corrected chi connectivity index (χ1v) is 9.25. The average Bonchev–Trinajstić information content (AvgIpc) is 3.06. The summed E-state index contributed by atoms with van der Waals surface area (Å²) < 4.78 is 7.90. The lowest BCUT2D eigenvalue weighted by molar-refractivity contribution is -0.00120. The molecule has 5 heteroatoms. The van der Waals surface area contributed by atoms with Crippen LogP contribution in [0.15, 0.2) is 30.3 Å². The van der Waals surface area contributed by atoms with Crippen molar-refractivity contribution in [1.82, 2.24) is 15.1 Å². The van der Waals surface area contributed by atoms with Gasteiger partial charge in [-0.15, -0.1) is 0 Å². The molecule has 1 aromatic heterocycles. The Morgan fingerprint density at radius 3 is 2.72 bits per heavy atom. The second-order valence-corrected chi connectivity index (χ2v) is 7.22. The number of hydrogen-bond acceptors (Lipinski definition) is 3. The van der Waals surface area contributed by atoms with Gasteiger partial charge in [-0.05, 0) is 31.4 Å². The van der Waals surface area contributed by atoms with Crippen molar-refractivity contribution in [2.75, 3.05) is 0 Å². The minimum atomic E-state index is -0.0549. The summed E-state index contributed by atoms with van der Waals surface area (Å²) in [6.45, 7) is 3.21. The minimum Gasteiger partial charge on any atom is -0.365 e. The molecule has 1 aliphatic heterocycles. The van der Waals surface area contributed by atoms with Gasteiger partial charge in [-0.2, -0.15) is 5.10 Å². The predicted molar refractivity (Wildman–Crippen MR) is 95.3 cm³/mol. The van der Waals surface area contributed by atoms with Crippen LogP contribution in [0.1, 0.15) is 65.5 Å². The summed E-state index contributed by atoms with van der Waals surface area (Å²) in [7, 11) is 0. The number of aromatic nitrogens is 2. The highest BCUT2D eigenvalue weighted by Crippen LogP contribution is 2.27. The summed E-state index contributed by atoms with van der Waals surface area (Å²) in [4.78, 5) is 12.5. The largest absolute Gasteiger partial charge is 0.365 e. The standard InChI is InChI=1S/C20H25N3O2/c1-14-7-9-15(10-8-14)19-12-23-17(13-25-19)11-18(22-23)20(24)21-16-5-3-2-4-6-16/h7-11,16,19H,2-6,12-13H2,1H3,(H,21,24)/t19-/m0/s1. The van der Waals surface area contributed by atoms with Gasteiger partial charge in [0.1, 0.15) is 6.10 Å². The first-order valence-electron chi connectivity index (χ1n) is 9.25. The fraction of sp³-hybridized carbons (Fsp3) is 0.500. The van der Waals surface area contributed by atoms with E-state index in [-0.39, 0.29) is 12.0 Å². The van der Waals surface area contributed by atoms with Crippen LogP contribution in [-0.2, 0) is 17.9 Å². The molecule has 0 spiro atoms. The number of aryl methyl sites for hydroxylation is 1. The van der Waals surface area contributed by atoms with Crippen LogP contribution < -0.4 is 5.32 Å². The number of hydrogen-bond donors (Lipinski definition) is 1. The van der Waals surface area contributed by atoms with Crippen molar-refractivity contribution in [2.24, 2.45) is 0 Å². The minimum absolute atomic E-state index is 0.0118. The van der Waals surface area contributed by atoms with Crippen LogP contribution in [-0.4, -0.2) is 21.7 Å². The van der Waals surface area contributed by atoms with Crippen LogP contribution >= 0.6 is 0 Å². The maximum absolute atomic E-state index is 12.5. The van der Waals surface area contributed by atoms with Crippen molar-refractivity contribution >= 4 is 5.91 Å². The molecular formula is C20H25N3O2. The highest BCUT2D eigenvalue weighted by Gasteiger charge is 2.25. The summed E-state index contributed by atoms with van der Waals surface area (Å²) in [6, 6.07) is 10.6. The van der Waals surface area contributed by atoms with Gasteiger partial charge in [0.25, 0.3) is 5.91 Å². The Bertz CT molecular complexity index is 745. The van der Waals surface area contributed by atoms with E-state index in [9.17, 15) is 4.79 Å². The molecular weight excluding hydrogens is 314 g/mol. The highest BCUT2D eigenvalue weighted by molar-refractivity contribution is 5.92. The third kappa shape index (κ3) is 3.61. The monoisotopic (exact) mass is 339 g/mol. The zero-order valence-electron chi connectivity index (χ0n) is 14.7. The first kappa shape index (κ1) is 16.3. The van der Waals surface area contributed by atoms with Gasteiger partial charge in [0.2, 0.25) is 0 Å². The van der Waals surface area contributed by atoms with E-state index in [1.54, 1.807) is 0 Å². The van der Waals surface area contributed by atoms with Gasteiger partial charge in [-0.25, -0.2) is 0 Å². The second kappa shape index (κ2) is 7.00. The number of nitrogens with one attached hydrogen (secondary N) is 1. The van der Waals surface area contributed by atoms with Gasteiger partial charge < -0.3 is 10.1 Å². The lowest BCUT2D eigenvalue weighted by Gasteiger charge is -2.24. The van der Waals surface area contributed by atoms with Crippen LogP contribution in [0.5, 0.6) is 0 Å². The SMILES string of the molecule is Cc1ccc([C@@H]2Cn3nc(C(=O)NC4CCCCC4)cc3CO2)cc1. The van der Waals surface area contributed by atoms with Gasteiger partial charge in [0.15, 0.2) is 5.69 Å². The number of amides is 1. The number of ether oxygens (including phenoxy) is 1. The summed E-state index contributed by atoms with van der Waals surface area (Å²) in [6.07, 6.45) is 5.84. The fourth-order valence-electron chi connectivity index (χ4n) is 3.73. The Kier molecular flexibility index (Phi) is 4.57. The van der Waals surface area contributed by atoms with Gasteiger partial charge in [-0.3, -0.25) is 9.48 Å². The van der Waals surface area contributed by atoms with Gasteiger partial charge in [-0.1, -0.05) is 49.1 Å². The molecule has 1 fully saturated rings. The topological polar surface area (TPSA) is 56.2 Å². The fourth-order valence-corrected chi connectivity index (χ4v) is 3.73. The summed E-state index contributed by atoms with van der Waals surface area (Å²) >= 11 is 0. The first-order chi connectivity index (χ1) is 12.2. The second-order valence-electron chi connectivity index (χ2n) is 7.22. The van der Waals surface area contributed by atoms with Crippen molar-refractivity contribution in [3.05, 3.63) is 52.8 Å². The zero-order valence-corrected chi connectivity index (χ0v) is 14.7. The maximum Gasteiger partial charge on any atom is 0.272 e. The molecule has 1 aliphatic carbocycles. The summed E-state index contributed by atoms with van der Waals surface area (Å²) in [5.41, 5.74) is 3.87. The lowest BCUT2D eigenvalue weighted by atomic mass is 9.95. The lowest BCUT2D eigenvalue weighted by Crippen LogP contribution is -2.36. The van der Waals surface area contributed by atoms with Crippen LogP contribution in [0.4, 0.5) is 0 Å². The van der Waals surface area contributed by atoms with E-state index in [0.29, 0.717) is 24.9 Å². The average molecular weight is 339 g/mol. The number of nitrogens with zero attached hydrogens (tertiary/aromatic N) is 2. The van der Waals surface area contributed by atoms with E-state index in [4.69, 9.17) is 4.74 Å². The predicted octanol–water partition coefficient (Wildman–Crippen LogP) is 3.53. The van der Waals surface area contributed by atoms with Gasteiger partial charge in [0.05, 0.1) is 18.8 Å². The molecule has 2 aromatic rings. The van der Waals surface area contributed by atoms with Crippen molar-refractivity contribution in [3.63, 3.8) is 0 Å². The molecule has 1 N–H and O–H groups in total. The number of carbonyl (C=O) groups is 1. The molecule has 1 amide bonds. The molecule has 0 bridgehead atoms. The van der Waals surface area contributed by atoms with Crippen LogP contribution in [0.3, 0.4) is 0 Å². The van der Waals surface area contributed by atoms with Crippen molar-refractivity contribution < 1.29 is 9.53 Å². The third-order valence-corrected chi connectivity index (χ3v) is 5.26. The Balaban J connectivity index is 1.44. The van der Waals surface area contributed by atoms with Crippen molar-refractivity contribution in [2.45, 2.75) is 64.3 Å². The van der Waals surface area contributed by atoms with E-state index < -0.39 is 0 Å². The summed E-state index contributed by atoms with van der Waals surface area (Å²) in [5, 5.41) is 7.67. The highest BCUT2D eigenvalue weighted by atomic mass is 16.5. The number of fused-ring (bicyclic) bond motifs is 1. The molecule has 5 nitrogen and oxygen atoms in total. The molecule has 25 heavy (non-hydrogen) atoms. The molecule has 2 aliphatic rings. The quantitative estimate of drug-likeness (QED) is 0.931. The molecule has 4 rings (SSSR count). The maximum atomic E-state index is 12.5. The van der Waals surface area contributed by atoms with E-state index >= 15 is 0 Å². The van der Waals surface area contributed by atoms with Crippen molar-refractivity contribution in [1.29, 1.82) is 0 Å². The molecule has 2 heterocycles. The van der Waals surface area contributed by atoms with E-state index in [1.165, 1.54) is 24.8 Å². The number of rotatable bonds is 3. The van der Waals surface area contributed by atoms with Crippen molar-refractivity contribution in [3.8, 4) is 0 Å². The molecule has 1 atom stereocenters. The smallest absolute Gasteiger partial charge is 0.272 e. The number of carbonyl (C=O) groups excluding carboxylic acids is 1. The van der Waals surface area contributed by atoms with Crippen LogP contribution in [0.2, 0.25) is 0 Å². The third-order valence-electron chi connectivity index (χ3n) is 5.26. The van der Waals surface area contributed by atoms with E-state index in [0.717, 1.165) is 24.1 Å². The molecule has 0 saturated heterocycles. The van der Waals surface area contributed by atoms with Gasteiger partial charge >= 0.3 is 0 Å². The molecule has 132 valence electrons. The Labute approximate surface area is 148 Å². The molecule has 0 unspecified atom stereocenters. The Hall–Kier alpha value is -2.14. The Morgan fingerprint density at radius 2 is 1.96 bits per heavy atom. The van der Waals surface area contributed by atoms with Crippen LogP contribution in [0.25, 0.3) is 0 Å². The van der Waals surface area contributed by atoms with Crippen LogP contribution in [0, 0.1) is 6.92 Å². The Morgan fingerprint density at radius 1 is 1.20 bits per heavy atom. The molecule has 1 saturated carbocycles. The van der Waals surface area contributed by atoms with E-state index in [1.807, 2.05) is 10.7 Å². The zero-order chi connectivity index (χ0) is 17.2. The molecule has 0 radical (unpaired) electrons. The summed E-state index contributed by atoms with van der Waals surface area (Å²) in [5.74, 6) is -0.0549. The van der Waals surface area contributed by atoms with Gasteiger partial charge in [0, 0.05) is 6.04 Å². The van der Waals surface area contributed by atoms with E-state index in [2.05, 4.69) is 41.6 Å².